The molecule has 2 aromatic rings. The van der Waals surface area contributed by atoms with Gasteiger partial charge in [0, 0.05) is 12.0 Å². The van der Waals surface area contributed by atoms with Crippen molar-refractivity contribution in [3.63, 3.8) is 0 Å². The van der Waals surface area contributed by atoms with Crippen molar-refractivity contribution in [2.24, 2.45) is 0 Å². The number of benzene rings is 1. The van der Waals surface area contributed by atoms with Gasteiger partial charge in [-0.15, -0.1) is 11.8 Å². The van der Waals surface area contributed by atoms with E-state index < -0.39 is 0 Å². The Bertz CT molecular complexity index is 1350. The second-order valence-corrected chi connectivity index (χ2v) is 14.9. The SMILES string of the molecule is CCCCCCCCCCCCCCCCCCCCCCC(=O)N[C@H]1CCc2cc(OC)c(OC)c(OC)c2-c2ccc(SC)c(=O)cc21. The first kappa shape index (κ1) is 41.7. The number of hydrogen-bond acceptors (Lipinski definition) is 6. The number of ether oxygens (including phenoxy) is 3. The Labute approximate surface area is 308 Å². The molecule has 1 amide bonds. The fraction of sp³-hybridized carbons (Fsp3) is 0.674. The van der Waals surface area contributed by atoms with Gasteiger partial charge in [0.15, 0.2) is 16.9 Å². The topological polar surface area (TPSA) is 73.9 Å². The smallest absolute Gasteiger partial charge is 0.220 e. The maximum absolute atomic E-state index is 13.3. The average Bonchev–Trinajstić information content (AvgIpc) is 3.37. The summed E-state index contributed by atoms with van der Waals surface area (Å²) in [5, 5.41) is 3.30. The summed E-state index contributed by atoms with van der Waals surface area (Å²) in [5.74, 6) is 1.73. The van der Waals surface area contributed by atoms with E-state index in [0.29, 0.717) is 41.4 Å². The van der Waals surface area contributed by atoms with E-state index in [1.807, 2.05) is 24.5 Å². The Balaban J connectivity index is 1.39. The maximum Gasteiger partial charge on any atom is 0.220 e. The van der Waals surface area contributed by atoms with Crippen LogP contribution in [0, 0.1) is 0 Å². The Kier molecular flexibility index (Phi) is 20.5. The lowest BCUT2D eigenvalue weighted by Gasteiger charge is -2.20. The van der Waals surface area contributed by atoms with Crippen LogP contribution in [-0.4, -0.2) is 33.5 Å². The van der Waals surface area contributed by atoms with Crippen molar-refractivity contribution in [3.8, 4) is 28.4 Å². The van der Waals surface area contributed by atoms with Gasteiger partial charge in [0.2, 0.25) is 11.7 Å². The van der Waals surface area contributed by atoms with E-state index in [-0.39, 0.29) is 17.4 Å². The van der Waals surface area contributed by atoms with E-state index >= 15 is 0 Å². The molecule has 50 heavy (non-hydrogen) atoms. The van der Waals surface area contributed by atoms with Gasteiger partial charge in [0.05, 0.1) is 32.3 Å². The zero-order valence-electron chi connectivity index (χ0n) is 32.1. The van der Waals surface area contributed by atoms with Gasteiger partial charge in [-0.05, 0) is 60.4 Å². The largest absolute Gasteiger partial charge is 0.493 e. The molecule has 0 unspecified atom stereocenters. The Hall–Kier alpha value is -2.67. The highest BCUT2D eigenvalue weighted by Gasteiger charge is 2.29. The number of carbonyl (C=O) groups excluding carboxylic acids is 1. The molecule has 0 aliphatic heterocycles. The third kappa shape index (κ3) is 13.5. The molecule has 280 valence electrons. The van der Waals surface area contributed by atoms with Crippen LogP contribution in [-0.2, 0) is 11.2 Å². The van der Waals surface area contributed by atoms with Gasteiger partial charge in [0.25, 0.3) is 0 Å². The molecule has 0 saturated carbocycles. The molecule has 1 aliphatic rings. The highest BCUT2D eigenvalue weighted by molar-refractivity contribution is 7.98. The van der Waals surface area contributed by atoms with E-state index in [1.54, 1.807) is 27.4 Å². The molecule has 3 rings (SSSR count). The van der Waals surface area contributed by atoms with Crippen molar-refractivity contribution < 1.29 is 19.0 Å². The Morgan fingerprint density at radius 2 is 1.24 bits per heavy atom. The zero-order chi connectivity index (χ0) is 36.0. The minimum atomic E-state index is -0.286. The van der Waals surface area contributed by atoms with E-state index in [9.17, 15) is 9.59 Å². The van der Waals surface area contributed by atoms with Gasteiger partial charge in [0.1, 0.15) is 0 Å². The highest BCUT2D eigenvalue weighted by atomic mass is 32.2. The standard InChI is InChI=1S/C43H67NO5S/c1-6-7-8-9-10-11-12-13-14-15-16-17-18-19-20-21-22-23-24-25-26-40(46)44-36-29-27-33-31-38(47-2)42(48-3)43(49-4)41(33)34-28-30-39(50-5)37(45)32-35(34)36/h28,30-32,36H,6-27,29H2,1-5H3,(H,44,46)/t36-/m0/s1. The normalized spacial score (nSPS) is 13.7. The van der Waals surface area contributed by atoms with Crippen molar-refractivity contribution in [1.29, 1.82) is 0 Å². The molecule has 7 heteroatoms. The molecule has 1 atom stereocenters. The third-order valence-electron chi connectivity index (χ3n) is 10.3. The fourth-order valence-corrected chi connectivity index (χ4v) is 7.89. The number of amides is 1. The molecule has 0 saturated heterocycles. The van der Waals surface area contributed by atoms with Crippen LogP contribution >= 0.6 is 11.8 Å². The van der Waals surface area contributed by atoms with Crippen LogP contribution in [0.1, 0.15) is 165 Å². The molecule has 0 spiro atoms. The molecule has 0 aromatic heterocycles. The van der Waals surface area contributed by atoms with Crippen molar-refractivity contribution in [3.05, 3.63) is 45.6 Å². The van der Waals surface area contributed by atoms with Crippen molar-refractivity contribution in [1.82, 2.24) is 5.32 Å². The van der Waals surface area contributed by atoms with E-state index in [2.05, 4.69) is 12.2 Å². The minimum absolute atomic E-state index is 0.0421. The van der Waals surface area contributed by atoms with Crippen molar-refractivity contribution in [2.45, 2.75) is 166 Å². The van der Waals surface area contributed by atoms with Gasteiger partial charge in [-0.2, -0.15) is 0 Å². The average molecular weight is 710 g/mol. The number of unbranched alkanes of at least 4 members (excludes halogenated alkanes) is 19. The number of nitrogens with one attached hydrogen (secondary N) is 1. The summed E-state index contributed by atoms with van der Waals surface area (Å²) < 4.78 is 17.2. The molecular formula is C43H67NO5S. The second kappa shape index (κ2) is 24.5. The number of hydrogen-bond donors (Lipinski definition) is 1. The monoisotopic (exact) mass is 709 g/mol. The van der Waals surface area contributed by atoms with Crippen molar-refractivity contribution >= 4 is 17.7 Å². The van der Waals surface area contributed by atoms with Gasteiger partial charge in [-0.1, -0.05) is 135 Å². The lowest BCUT2D eigenvalue weighted by atomic mass is 9.95. The number of carbonyl (C=O) groups is 1. The molecule has 6 nitrogen and oxygen atoms in total. The van der Waals surface area contributed by atoms with E-state index in [4.69, 9.17) is 14.2 Å². The van der Waals surface area contributed by atoms with Crippen LogP contribution < -0.4 is 25.0 Å². The summed E-state index contributed by atoms with van der Waals surface area (Å²) in [6.07, 6.45) is 30.6. The summed E-state index contributed by atoms with van der Waals surface area (Å²) in [6.45, 7) is 2.29. The first-order valence-electron chi connectivity index (χ1n) is 19.8. The summed E-state index contributed by atoms with van der Waals surface area (Å²) in [7, 11) is 4.84. The molecule has 1 aliphatic carbocycles. The summed E-state index contributed by atoms with van der Waals surface area (Å²) in [6, 6.07) is 7.26. The quantitative estimate of drug-likeness (QED) is 0.0774. The van der Waals surface area contributed by atoms with Crippen LogP contribution in [0.25, 0.3) is 11.1 Å². The predicted molar refractivity (Wildman–Crippen MR) is 211 cm³/mol. The fourth-order valence-electron chi connectivity index (χ4n) is 7.42. The molecule has 0 radical (unpaired) electrons. The van der Waals surface area contributed by atoms with Crippen LogP contribution in [0.4, 0.5) is 0 Å². The molecule has 2 aromatic carbocycles. The number of aryl methyl sites for hydroxylation is 1. The van der Waals surface area contributed by atoms with Crippen LogP contribution in [0.5, 0.6) is 17.2 Å². The Morgan fingerprint density at radius 1 is 0.720 bits per heavy atom. The molecule has 1 N–H and O–H groups in total. The summed E-state index contributed by atoms with van der Waals surface area (Å²) in [5.41, 5.74) is 3.56. The predicted octanol–water partition coefficient (Wildman–Crippen LogP) is 11.8. The van der Waals surface area contributed by atoms with Crippen LogP contribution in [0.15, 0.2) is 34.0 Å². The lowest BCUT2D eigenvalue weighted by molar-refractivity contribution is -0.122. The molecule has 0 bridgehead atoms. The first-order chi connectivity index (χ1) is 24.5. The number of rotatable bonds is 26. The lowest BCUT2D eigenvalue weighted by Crippen LogP contribution is -2.28. The summed E-state index contributed by atoms with van der Waals surface area (Å²) in [4.78, 5) is 27.1. The molecular weight excluding hydrogens is 643 g/mol. The maximum atomic E-state index is 13.3. The number of fused-ring (bicyclic) bond motifs is 3. The van der Waals surface area contributed by atoms with Gasteiger partial charge < -0.3 is 19.5 Å². The molecule has 0 fully saturated rings. The van der Waals surface area contributed by atoms with Gasteiger partial charge in [-0.3, -0.25) is 9.59 Å². The van der Waals surface area contributed by atoms with Gasteiger partial charge >= 0.3 is 0 Å². The first-order valence-corrected chi connectivity index (χ1v) is 21.0. The zero-order valence-corrected chi connectivity index (χ0v) is 32.9. The Morgan fingerprint density at radius 3 is 1.72 bits per heavy atom. The number of thioether (sulfide) groups is 1. The minimum Gasteiger partial charge on any atom is -0.493 e. The van der Waals surface area contributed by atoms with Crippen molar-refractivity contribution in [2.75, 3.05) is 27.6 Å². The van der Waals surface area contributed by atoms with Crippen LogP contribution in [0.2, 0.25) is 0 Å². The molecule has 0 heterocycles. The second-order valence-electron chi connectivity index (χ2n) is 14.1. The summed E-state index contributed by atoms with van der Waals surface area (Å²) >= 11 is 1.43. The van der Waals surface area contributed by atoms with Gasteiger partial charge in [-0.25, -0.2) is 0 Å². The number of methoxy groups -OCH3 is 3. The highest BCUT2D eigenvalue weighted by Crippen LogP contribution is 2.50. The third-order valence-corrected chi connectivity index (χ3v) is 11.1. The van der Waals surface area contributed by atoms with E-state index in [0.717, 1.165) is 35.1 Å². The van der Waals surface area contributed by atoms with Crippen LogP contribution in [0.3, 0.4) is 0 Å². The van der Waals surface area contributed by atoms with E-state index in [1.165, 1.54) is 127 Å².